The highest BCUT2D eigenvalue weighted by Gasteiger charge is 2.20. The zero-order valence-electron chi connectivity index (χ0n) is 10.4. The third-order valence-electron chi connectivity index (χ3n) is 3.13. The maximum atomic E-state index is 2.54. The van der Waals surface area contributed by atoms with Crippen molar-refractivity contribution in [2.45, 2.75) is 33.2 Å². The maximum Gasteiger partial charge on any atom is 0.0710 e. The van der Waals surface area contributed by atoms with E-state index in [0.29, 0.717) is 0 Å². The number of nitrogens with zero attached hydrogens (tertiary/aromatic N) is 2. The highest BCUT2D eigenvalue weighted by molar-refractivity contribution is 5.54. The number of anilines is 1. The van der Waals surface area contributed by atoms with Gasteiger partial charge in [0.2, 0.25) is 0 Å². The Morgan fingerprint density at radius 2 is 1.81 bits per heavy atom. The van der Waals surface area contributed by atoms with Crippen LogP contribution in [0.3, 0.4) is 0 Å². The Kier molecular flexibility index (Phi) is 3.83. The van der Waals surface area contributed by atoms with Gasteiger partial charge in [-0.3, -0.25) is 4.90 Å². The molecule has 88 valence electrons. The van der Waals surface area contributed by atoms with Crippen molar-refractivity contribution in [3.8, 4) is 0 Å². The number of rotatable bonds is 4. The van der Waals surface area contributed by atoms with E-state index >= 15 is 0 Å². The minimum atomic E-state index is 1.10. The van der Waals surface area contributed by atoms with E-state index in [0.717, 1.165) is 19.8 Å². The molecule has 1 aliphatic rings. The van der Waals surface area contributed by atoms with Gasteiger partial charge in [-0.1, -0.05) is 32.0 Å². The van der Waals surface area contributed by atoms with Gasteiger partial charge < -0.3 is 4.90 Å². The summed E-state index contributed by atoms with van der Waals surface area (Å²) >= 11 is 0. The van der Waals surface area contributed by atoms with Crippen LogP contribution in [0.25, 0.3) is 0 Å². The van der Waals surface area contributed by atoms with Crippen molar-refractivity contribution in [2.24, 2.45) is 0 Å². The van der Waals surface area contributed by atoms with Gasteiger partial charge in [-0.2, -0.15) is 0 Å². The molecular formula is C14H22N2. The standard InChI is InChI=1S/C14H22N2/c1-3-9-15-11-13-7-5-6-8-14(13)16(12-15)10-4-2/h5-8H,3-4,9-12H2,1-2H3. The second-order valence-corrected chi connectivity index (χ2v) is 4.59. The summed E-state index contributed by atoms with van der Waals surface area (Å²) in [5.74, 6) is 0. The lowest BCUT2D eigenvalue weighted by atomic mass is 10.1. The summed E-state index contributed by atoms with van der Waals surface area (Å²) in [5.41, 5.74) is 2.92. The van der Waals surface area contributed by atoms with Crippen LogP contribution in [0.5, 0.6) is 0 Å². The van der Waals surface area contributed by atoms with Gasteiger partial charge in [0.05, 0.1) is 6.67 Å². The summed E-state index contributed by atoms with van der Waals surface area (Å²) in [6.07, 6.45) is 2.45. The molecule has 0 atom stereocenters. The molecule has 0 saturated heterocycles. The highest BCUT2D eigenvalue weighted by atomic mass is 15.3. The molecular weight excluding hydrogens is 196 g/mol. The Balaban J connectivity index is 2.19. The fraction of sp³-hybridized carbons (Fsp3) is 0.571. The lowest BCUT2D eigenvalue weighted by molar-refractivity contribution is 0.252. The van der Waals surface area contributed by atoms with E-state index in [1.54, 1.807) is 0 Å². The van der Waals surface area contributed by atoms with Crippen LogP contribution in [0.2, 0.25) is 0 Å². The van der Waals surface area contributed by atoms with Crippen molar-refractivity contribution in [3.05, 3.63) is 29.8 Å². The molecule has 2 heteroatoms. The Morgan fingerprint density at radius 1 is 1.06 bits per heavy atom. The van der Waals surface area contributed by atoms with Crippen LogP contribution in [-0.2, 0) is 6.54 Å². The van der Waals surface area contributed by atoms with Crippen molar-refractivity contribution in [1.82, 2.24) is 4.90 Å². The fourth-order valence-corrected chi connectivity index (χ4v) is 2.49. The minimum absolute atomic E-state index is 1.10. The monoisotopic (exact) mass is 218 g/mol. The summed E-state index contributed by atoms with van der Waals surface area (Å²) in [6.45, 7) is 9.08. The molecule has 1 heterocycles. The Bertz CT molecular complexity index is 335. The van der Waals surface area contributed by atoms with Crippen LogP contribution in [0.1, 0.15) is 32.3 Å². The second-order valence-electron chi connectivity index (χ2n) is 4.59. The van der Waals surface area contributed by atoms with Gasteiger partial charge in [-0.25, -0.2) is 0 Å². The number of benzene rings is 1. The van der Waals surface area contributed by atoms with Gasteiger partial charge in [0.15, 0.2) is 0 Å². The zero-order chi connectivity index (χ0) is 11.4. The summed E-state index contributed by atoms with van der Waals surface area (Å²) in [4.78, 5) is 5.05. The first-order valence-electron chi connectivity index (χ1n) is 6.40. The van der Waals surface area contributed by atoms with Gasteiger partial charge in [-0.15, -0.1) is 0 Å². The molecule has 0 saturated carbocycles. The predicted octanol–water partition coefficient (Wildman–Crippen LogP) is 3.09. The van der Waals surface area contributed by atoms with E-state index < -0.39 is 0 Å². The first-order chi connectivity index (χ1) is 7.85. The largest absolute Gasteiger partial charge is 0.358 e. The summed E-state index contributed by atoms with van der Waals surface area (Å²) in [5, 5.41) is 0. The molecule has 1 aromatic rings. The van der Waals surface area contributed by atoms with Crippen molar-refractivity contribution in [2.75, 3.05) is 24.7 Å². The van der Waals surface area contributed by atoms with Crippen molar-refractivity contribution in [3.63, 3.8) is 0 Å². The van der Waals surface area contributed by atoms with Crippen LogP contribution < -0.4 is 4.90 Å². The van der Waals surface area contributed by atoms with Gasteiger partial charge in [0.1, 0.15) is 0 Å². The predicted molar refractivity (Wildman–Crippen MR) is 69.6 cm³/mol. The third kappa shape index (κ3) is 2.38. The SMILES string of the molecule is CCCN1Cc2ccccc2N(CCC)C1. The number of para-hydroxylation sites is 1. The number of fused-ring (bicyclic) bond motifs is 1. The first kappa shape index (κ1) is 11.5. The topological polar surface area (TPSA) is 6.48 Å². The van der Waals surface area contributed by atoms with E-state index in [1.165, 1.54) is 30.6 Å². The Labute approximate surface area is 98.9 Å². The van der Waals surface area contributed by atoms with Crippen LogP contribution in [0.4, 0.5) is 5.69 Å². The van der Waals surface area contributed by atoms with Crippen LogP contribution in [0, 0.1) is 0 Å². The van der Waals surface area contributed by atoms with Gasteiger partial charge in [-0.05, 0) is 31.0 Å². The fourth-order valence-electron chi connectivity index (χ4n) is 2.49. The quantitative estimate of drug-likeness (QED) is 0.766. The average Bonchev–Trinajstić information content (AvgIpc) is 2.30. The molecule has 0 fully saturated rings. The molecule has 0 unspecified atom stereocenters. The second kappa shape index (κ2) is 5.35. The molecule has 0 radical (unpaired) electrons. The van der Waals surface area contributed by atoms with E-state index in [9.17, 15) is 0 Å². The Hall–Kier alpha value is -1.02. The molecule has 0 N–H and O–H groups in total. The molecule has 0 spiro atoms. The molecule has 2 rings (SSSR count). The molecule has 0 amide bonds. The van der Waals surface area contributed by atoms with Gasteiger partial charge >= 0.3 is 0 Å². The maximum absolute atomic E-state index is 2.54. The molecule has 0 bridgehead atoms. The molecule has 2 nitrogen and oxygen atoms in total. The summed E-state index contributed by atoms with van der Waals surface area (Å²) in [7, 11) is 0. The van der Waals surface area contributed by atoms with E-state index in [2.05, 4.69) is 47.9 Å². The molecule has 0 aliphatic carbocycles. The van der Waals surface area contributed by atoms with Crippen LogP contribution in [-0.4, -0.2) is 24.7 Å². The molecule has 16 heavy (non-hydrogen) atoms. The molecule has 1 aliphatic heterocycles. The van der Waals surface area contributed by atoms with Crippen molar-refractivity contribution >= 4 is 5.69 Å². The summed E-state index contributed by atoms with van der Waals surface area (Å²) in [6, 6.07) is 8.82. The zero-order valence-corrected chi connectivity index (χ0v) is 10.4. The smallest absolute Gasteiger partial charge is 0.0710 e. The van der Waals surface area contributed by atoms with Crippen LogP contribution in [0.15, 0.2) is 24.3 Å². The van der Waals surface area contributed by atoms with Gasteiger partial charge in [0.25, 0.3) is 0 Å². The lowest BCUT2D eigenvalue weighted by Crippen LogP contribution is -2.42. The molecule has 0 aromatic heterocycles. The van der Waals surface area contributed by atoms with Crippen molar-refractivity contribution in [1.29, 1.82) is 0 Å². The average molecular weight is 218 g/mol. The van der Waals surface area contributed by atoms with Gasteiger partial charge in [0, 0.05) is 18.8 Å². The Morgan fingerprint density at radius 3 is 2.56 bits per heavy atom. The van der Waals surface area contributed by atoms with Crippen molar-refractivity contribution < 1.29 is 0 Å². The first-order valence-corrected chi connectivity index (χ1v) is 6.40. The minimum Gasteiger partial charge on any atom is -0.358 e. The van der Waals surface area contributed by atoms with E-state index in [1.807, 2.05) is 0 Å². The molecule has 1 aromatic carbocycles. The van der Waals surface area contributed by atoms with E-state index in [4.69, 9.17) is 0 Å². The lowest BCUT2D eigenvalue weighted by Gasteiger charge is -2.38. The summed E-state index contributed by atoms with van der Waals surface area (Å²) < 4.78 is 0. The number of hydrogen-bond acceptors (Lipinski definition) is 2. The number of hydrogen-bond donors (Lipinski definition) is 0. The van der Waals surface area contributed by atoms with E-state index in [-0.39, 0.29) is 0 Å². The normalized spacial score (nSPS) is 16.2. The van der Waals surface area contributed by atoms with Crippen LogP contribution >= 0.6 is 0 Å². The highest BCUT2D eigenvalue weighted by Crippen LogP contribution is 2.26. The third-order valence-corrected chi connectivity index (χ3v) is 3.13.